The van der Waals surface area contributed by atoms with Crippen LogP contribution in [0.5, 0.6) is 0 Å². The van der Waals surface area contributed by atoms with Crippen LogP contribution in [0.4, 0.5) is 0 Å². The number of ether oxygens (including phenoxy) is 2. The Bertz CT molecular complexity index is 792. The summed E-state index contributed by atoms with van der Waals surface area (Å²) in [6.07, 6.45) is 0.748. The molecule has 0 aliphatic carbocycles. The summed E-state index contributed by atoms with van der Waals surface area (Å²) in [5.41, 5.74) is 2.07. The van der Waals surface area contributed by atoms with E-state index in [2.05, 4.69) is 30.9 Å². The normalized spacial score (nSPS) is 12.2. The Kier molecular flexibility index (Phi) is 6.80. The zero-order valence-corrected chi connectivity index (χ0v) is 16.1. The molecule has 1 aromatic carbocycles. The number of aryl methyl sites for hydroxylation is 1. The van der Waals surface area contributed by atoms with Gasteiger partial charge in [-0.3, -0.25) is 14.7 Å². The Morgan fingerprint density at radius 1 is 1.40 bits per heavy atom. The first kappa shape index (κ1) is 19.7. The van der Waals surface area contributed by atoms with Gasteiger partial charge in [-0.25, -0.2) is 0 Å². The number of fused-ring (bicyclic) bond motifs is 1. The molecule has 1 aromatic heterocycles. The van der Waals surface area contributed by atoms with Crippen LogP contribution in [-0.4, -0.2) is 41.5 Å². The van der Waals surface area contributed by atoms with Crippen LogP contribution in [-0.2, 0) is 32.1 Å². The lowest BCUT2D eigenvalue weighted by molar-refractivity contribution is -0.152. The lowest BCUT2D eigenvalue weighted by atomic mass is 9.93. The van der Waals surface area contributed by atoms with Crippen molar-refractivity contribution in [1.82, 2.24) is 10.2 Å². The number of nitrogens with zero attached hydrogens (tertiary/aromatic N) is 1. The van der Waals surface area contributed by atoms with Gasteiger partial charge < -0.3 is 14.6 Å². The molecule has 0 spiro atoms. The van der Waals surface area contributed by atoms with Crippen LogP contribution in [0.3, 0.4) is 0 Å². The first-order valence-corrected chi connectivity index (χ1v) is 8.69. The average molecular weight is 434 g/mol. The molecule has 0 radical (unpaired) electrons. The quantitative estimate of drug-likeness (QED) is 0.651. The van der Waals surface area contributed by atoms with Crippen molar-refractivity contribution in [3.63, 3.8) is 0 Å². The summed E-state index contributed by atoms with van der Waals surface area (Å²) in [7, 11) is 2.55. The minimum atomic E-state index is -0.627. The first-order valence-electron chi connectivity index (χ1n) is 7.52. The number of halogens is 2. The summed E-state index contributed by atoms with van der Waals surface area (Å²) >= 11 is 9.58. The van der Waals surface area contributed by atoms with E-state index in [1.54, 1.807) is 0 Å². The van der Waals surface area contributed by atoms with Crippen molar-refractivity contribution in [3.05, 3.63) is 26.8 Å². The van der Waals surface area contributed by atoms with Gasteiger partial charge in [-0.15, -0.1) is 0 Å². The van der Waals surface area contributed by atoms with Gasteiger partial charge in [-0.1, -0.05) is 11.6 Å². The van der Waals surface area contributed by atoms with Gasteiger partial charge in [0.2, 0.25) is 0 Å². The standard InChI is InChI=1S/C16H18BrClN2O5/c1-24-12(22)6-9(16(23)25-2)4-3-8-5-11(17)14-13(10(8)7-21)15(18)20-19-14/h5,9,21H,3-4,6-7H2,1-2H3,(H,19,20)/t9-/m0/s1. The number of H-pyrrole nitrogens is 1. The van der Waals surface area contributed by atoms with Gasteiger partial charge in [-0.2, -0.15) is 5.10 Å². The van der Waals surface area contributed by atoms with Crippen LogP contribution in [0.2, 0.25) is 5.15 Å². The molecular formula is C16H18BrClN2O5. The summed E-state index contributed by atoms with van der Waals surface area (Å²) in [5.74, 6) is -1.58. The molecule has 0 saturated carbocycles. The fourth-order valence-corrected chi connectivity index (χ4v) is 3.53. The van der Waals surface area contributed by atoms with Gasteiger partial charge in [0, 0.05) is 9.86 Å². The summed E-state index contributed by atoms with van der Waals surface area (Å²) in [4.78, 5) is 23.4. The largest absolute Gasteiger partial charge is 0.469 e. The number of aromatic amines is 1. The number of hydrogen-bond donors (Lipinski definition) is 2. The number of aliphatic hydroxyl groups is 1. The molecule has 0 unspecified atom stereocenters. The number of carbonyl (C=O) groups is 2. The van der Waals surface area contributed by atoms with Crippen molar-refractivity contribution in [3.8, 4) is 0 Å². The maximum absolute atomic E-state index is 11.9. The van der Waals surface area contributed by atoms with Crippen molar-refractivity contribution in [1.29, 1.82) is 0 Å². The third kappa shape index (κ3) is 4.31. The van der Waals surface area contributed by atoms with Crippen molar-refractivity contribution in [2.75, 3.05) is 14.2 Å². The predicted molar refractivity (Wildman–Crippen MR) is 95.2 cm³/mol. The highest BCUT2D eigenvalue weighted by molar-refractivity contribution is 9.10. The lowest BCUT2D eigenvalue weighted by Gasteiger charge is -2.15. The van der Waals surface area contributed by atoms with E-state index >= 15 is 0 Å². The van der Waals surface area contributed by atoms with E-state index < -0.39 is 17.9 Å². The SMILES string of the molecule is COC(=O)C[C@H](CCc1cc(Br)c2n[nH]c(Cl)c2c1CO)C(=O)OC. The van der Waals surface area contributed by atoms with E-state index in [9.17, 15) is 14.7 Å². The van der Waals surface area contributed by atoms with Gasteiger partial charge in [0.1, 0.15) is 10.7 Å². The first-order chi connectivity index (χ1) is 11.9. The monoisotopic (exact) mass is 432 g/mol. The molecule has 2 N–H and O–H groups in total. The fourth-order valence-electron chi connectivity index (χ4n) is 2.73. The predicted octanol–water partition coefficient (Wildman–Crippen LogP) is 2.76. The maximum atomic E-state index is 11.9. The number of methoxy groups -OCH3 is 2. The van der Waals surface area contributed by atoms with Gasteiger partial charge >= 0.3 is 11.9 Å². The minimum Gasteiger partial charge on any atom is -0.469 e. The van der Waals surface area contributed by atoms with E-state index in [-0.39, 0.29) is 13.0 Å². The molecular weight excluding hydrogens is 416 g/mol. The van der Waals surface area contributed by atoms with Gasteiger partial charge in [-0.05, 0) is 46.0 Å². The zero-order valence-electron chi connectivity index (χ0n) is 13.8. The van der Waals surface area contributed by atoms with Crippen LogP contribution in [0.1, 0.15) is 24.0 Å². The summed E-state index contributed by atoms with van der Waals surface area (Å²) < 4.78 is 10.1. The molecule has 136 valence electrons. The number of aliphatic hydroxyl groups excluding tert-OH is 1. The van der Waals surface area contributed by atoms with Gasteiger partial charge in [0.05, 0.1) is 33.2 Å². The summed E-state index contributed by atoms with van der Waals surface area (Å²) in [5, 5.41) is 17.5. The van der Waals surface area contributed by atoms with Gasteiger partial charge in [0.15, 0.2) is 0 Å². The van der Waals surface area contributed by atoms with Crippen LogP contribution >= 0.6 is 27.5 Å². The van der Waals surface area contributed by atoms with Crippen molar-refractivity contribution < 1.29 is 24.2 Å². The molecule has 2 rings (SSSR count). The second-order valence-corrected chi connectivity index (χ2v) is 6.69. The highest BCUT2D eigenvalue weighted by atomic mass is 79.9. The third-order valence-electron chi connectivity index (χ3n) is 4.03. The Hall–Kier alpha value is -1.64. The number of rotatable bonds is 7. The van der Waals surface area contributed by atoms with E-state index in [1.165, 1.54) is 14.2 Å². The molecule has 1 heterocycles. The van der Waals surface area contributed by atoms with Crippen LogP contribution < -0.4 is 0 Å². The Morgan fingerprint density at radius 2 is 2.12 bits per heavy atom. The molecule has 9 heteroatoms. The lowest BCUT2D eigenvalue weighted by Crippen LogP contribution is -2.21. The zero-order chi connectivity index (χ0) is 18.6. The Labute approximate surface area is 157 Å². The average Bonchev–Trinajstić information content (AvgIpc) is 3.00. The molecule has 0 aliphatic rings. The number of carbonyl (C=O) groups excluding carboxylic acids is 2. The van der Waals surface area contributed by atoms with Crippen molar-refractivity contribution in [2.24, 2.45) is 5.92 Å². The Morgan fingerprint density at radius 3 is 2.72 bits per heavy atom. The second kappa shape index (κ2) is 8.64. The number of hydrogen-bond acceptors (Lipinski definition) is 6. The Balaban J connectivity index is 2.30. The van der Waals surface area contributed by atoms with Crippen LogP contribution in [0.25, 0.3) is 10.9 Å². The molecule has 0 saturated heterocycles. The second-order valence-electron chi connectivity index (χ2n) is 5.45. The smallest absolute Gasteiger partial charge is 0.309 e. The molecule has 0 fully saturated rings. The molecule has 2 aromatic rings. The molecule has 0 bridgehead atoms. The molecule has 1 atom stereocenters. The van der Waals surface area contributed by atoms with Crippen LogP contribution in [0.15, 0.2) is 10.5 Å². The number of nitrogens with one attached hydrogen (secondary N) is 1. The number of esters is 2. The highest BCUT2D eigenvalue weighted by Crippen LogP contribution is 2.34. The minimum absolute atomic E-state index is 0.0620. The van der Waals surface area contributed by atoms with E-state index in [0.717, 1.165) is 10.0 Å². The third-order valence-corrected chi connectivity index (χ3v) is 4.91. The summed E-state index contributed by atoms with van der Waals surface area (Å²) in [6, 6.07) is 1.83. The van der Waals surface area contributed by atoms with E-state index in [4.69, 9.17) is 16.3 Å². The number of aromatic nitrogens is 2. The molecule has 7 nitrogen and oxygen atoms in total. The van der Waals surface area contributed by atoms with Crippen molar-refractivity contribution >= 4 is 50.4 Å². The topological polar surface area (TPSA) is 102 Å². The molecule has 0 aliphatic heterocycles. The van der Waals surface area contributed by atoms with Gasteiger partial charge in [0.25, 0.3) is 0 Å². The van der Waals surface area contributed by atoms with E-state index in [0.29, 0.717) is 34.5 Å². The molecule has 25 heavy (non-hydrogen) atoms. The van der Waals surface area contributed by atoms with Crippen molar-refractivity contribution in [2.45, 2.75) is 25.9 Å². The molecule has 0 amide bonds. The maximum Gasteiger partial charge on any atom is 0.309 e. The highest BCUT2D eigenvalue weighted by Gasteiger charge is 2.24. The van der Waals surface area contributed by atoms with Crippen LogP contribution in [0, 0.1) is 5.92 Å². The number of benzene rings is 1. The fraction of sp³-hybridized carbons (Fsp3) is 0.438. The summed E-state index contributed by atoms with van der Waals surface area (Å²) in [6.45, 7) is -0.224. The van der Waals surface area contributed by atoms with E-state index in [1.807, 2.05) is 6.07 Å².